The lowest BCUT2D eigenvalue weighted by molar-refractivity contribution is 0.201. The summed E-state index contributed by atoms with van der Waals surface area (Å²) in [5.41, 5.74) is 12.2. The molecule has 5 N–H and O–H groups in total. The van der Waals surface area contributed by atoms with Crippen LogP contribution in [0.4, 0.5) is 0 Å². The second-order valence-electron chi connectivity index (χ2n) is 2.98. The lowest BCUT2D eigenvalue weighted by Crippen LogP contribution is -2.20. The van der Waals surface area contributed by atoms with Crippen LogP contribution in [0.25, 0.3) is 0 Å². The predicted octanol–water partition coefficient (Wildman–Crippen LogP) is 0.0162. The van der Waals surface area contributed by atoms with Gasteiger partial charge in [-0.3, -0.25) is 0 Å². The number of hydrogen-bond acceptors (Lipinski definition) is 4. The van der Waals surface area contributed by atoms with Crippen LogP contribution >= 0.6 is 0 Å². The monoisotopic (exact) mass is 196 g/mol. The van der Waals surface area contributed by atoms with Gasteiger partial charge in [0.15, 0.2) is 0 Å². The van der Waals surface area contributed by atoms with Crippen LogP contribution in [-0.4, -0.2) is 24.9 Å². The Kier molecular flexibility index (Phi) is 4.39. The summed E-state index contributed by atoms with van der Waals surface area (Å²) < 4.78 is 5.20. The molecule has 0 saturated heterocycles. The summed E-state index contributed by atoms with van der Waals surface area (Å²) >= 11 is 0. The van der Waals surface area contributed by atoms with Gasteiger partial charge in [0.05, 0.1) is 6.61 Å². The van der Waals surface area contributed by atoms with Crippen molar-refractivity contribution in [2.45, 2.75) is 6.04 Å². The summed E-state index contributed by atoms with van der Waals surface area (Å²) in [6, 6.07) is 7.28. The third-order valence-corrected chi connectivity index (χ3v) is 1.92. The van der Waals surface area contributed by atoms with Crippen LogP contribution in [0.5, 0.6) is 5.75 Å². The van der Waals surface area contributed by atoms with Gasteiger partial charge >= 0.3 is 0 Å². The highest BCUT2D eigenvalue weighted by Crippen LogP contribution is 2.15. The molecule has 0 fully saturated rings. The zero-order chi connectivity index (χ0) is 10.4. The van der Waals surface area contributed by atoms with Crippen LogP contribution < -0.4 is 16.2 Å². The second kappa shape index (κ2) is 5.59. The fraction of sp³-hybridized carbons (Fsp3) is 0.400. The molecule has 0 aliphatic heterocycles. The highest BCUT2D eigenvalue weighted by molar-refractivity contribution is 5.29. The molecule has 1 aromatic carbocycles. The molecular formula is C10H16N2O2. The maximum atomic E-state index is 8.55. The normalized spacial score (nSPS) is 12.5. The van der Waals surface area contributed by atoms with Gasteiger partial charge in [-0.1, -0.05) is 12.1 Å². The molecule has 0 aromatic heterocycles. The lowest BCUT2D eigenvalue weighted by atomic mass is 10.1. The van der Waals surface area contributed by atoms with E-state index in [-0.39, 0.29) is 12.6 Å². The van der Waals surface area contributed by atoms with Gasteiger partial charge in [-0.2, -0.15) is 0 Å². The molecule has 0 amide bonds. The van der Waals surface area contributed by atoms with E-state index >= 15 is 0 Å². The maximum absolute atomic E-state index is 8.55. The molecule has 0 aliphatic carbocycles. The Labute approximate surface area is 83.5 Å². The third kappa shape index (κ3) is 2.99. The van der Waals surface area contributed by atoms with E-state index in [1.54, 1.807) is 0 Å². The minimum absolute atomic E-state index is 0.0179. The minimum atomic E-state index is -0.123. The number of benzene rings is 1. The number of aliphatic hydroxyl groups excluding tert-OH is 1. The Morgan fingerprint density at radius 1 is 1.29 bits per heavy atom. The Morgan fingerprint density at radius 3 is 2.43 bits per heavy atom. The Bertz CT molecular complexity index is 261. The summed E-state index contributed by atoms with van der Waals surface area (Å²) in [6.45, 7) is 0.753. The first kappa shape index (κ1) is 11.0. The smallest absolute Gasteiger partial charge is 0.119 e. The standard InChI is InChI=1S/C10H16N2O2/c11-7-10(12)8-1-3-9(4-2-8)14-6-5-13/h1-4,10,13H,5-7,11-12H2/t10-/m0/s1. The fourth-order valence-corrected chi connectivity index (χ4v) is 1.11. The number of aliphatic hydroxyl groups is 1. The molecule has 78 valence electrons. The lowest BCUT2D eigenvalue weighted by Gasteiger charge is -2.10. The Morgan fingerprint density at radius 2 is 1.93 bits per heavy atom. The van der Waals surface area contributed by atoms with Gasteiger partial charge in [-0.05, 0) is 17.7 Å². The van der Waals surface area contributed by atoms with Crippen molar-refractivity contribution < 1.29 is 9.84 Å². The molecule has 1 aromatic rings. The van der Waals surface area contributed by atoms with Gasteiger partial charge in [0.1, 0.15) is 12.4 Å². The molecular weight excluding hydrogens is 180 g/mol. The average molecular weight is 196 g/mol. The molecule has 0 saturated carbocycles. The van der Waals surface area contributed by atoms with Crippen molar-refractivity contribution in [3.8, 4) is 5.75 Å². The van der Waals surface area contributed by atoms with Gasteiger partial charge in [-0.15, -0.1) is 0 Å². The molecule has 1 atom stereocenters. The zero-order valence-electron chi connectivity index (χ0n) is 8.02. The highest BCUT2D eigenvalue weighted by Gasteiger charge is 2.02. The van der Waals surface area contributed by atoms with Crippen molar-refractivity contribution in [1.82, 2.24) is 0 Å². The molecule has 0 heterocycles. The maximum Gasteiger partial charge on any atom is 0.119 e. The topological polar surface area (TPSA) is 81.5 Å². The van der Waals surface area contributed by atoms with Gasteiger partial charge < -0.3 is 21.3 Å². The van der Waals surface area contributed by atoms with Crippen molar-refractivity contribution in [3.05, 3.63) is 29.8 Å². The van der Waals surface area contributed by atoms with Crippen molar-refractivity contribution in [2.24, 2.45) is 11.5 Å². The quantitative estimate of drug-likeness (QED) is 0.620. The summed E-state index contributed by atoms with van der Waals surface area (Å²) in [5, 5.41) is 8.55. The third-order valence-electron chi connectivity index (χ3n) is 1.92. The SMILES string of the molecule is NC[C@H](N)c1ccc(OCCO)cc1. The van der Waals surface area contributed by atoms with E-state index in [9.17, 15) is 0 Å². The predicted molar refractivity (Wildman–Crippen MR) is 55.0 cm³/mol. The molecule has 0 spiro atoms. The van der Waals surface area contributed by atoms with Crippen molar-refractivity contribution in [1.29, 1.82) is 0 Å². The largest absolute Gasteiger partial charge is 0.491 e. The summed E-state index contributed by atoms with van der Waals surface area (Å²) in [6.07, 6.45) is 0. The number of hydrogen-bond donors (Lipinski definition) is 3. The second-order valence-corrected chi connectivity index (χ2v) is 2.98. The van der Waals surface area contributed by atoms with E-state index in [1.165, 1.54) is 0 Å². The van der Waals surface area contributed by atoms with Crippen molar-refractivity contribution in [3.63, 3.8) is 0 Å². The van der Waals surface area contributed by atoms with Crippen LogP contribution in [0.15, 0.2) is 24.3 Å². The molecule has 1 rings (SSSR count). The first-order valence-corrected chi connectivity index (χ1v) is 4.57. The first-order chi connectivity index (χ1) is 6.77. The van der Waals surface area contributed by atoms with E-state index in [0.29, 0.717) is 13.2 Å². The van der Waals surface area contributed by atoms with E-state index in [2.05, 4.69) is 0 Å². The van der Waals surface area contributed by atoms with Crippen LogP contribution in [0.2, 0.25) is 0 Å². The summed E-state index contributed by atoms with van der Waals surface area (Å²) in [7, 11) is 0. The minimum Gasteiger partial charge on any atom is -0.491 e. The number of rotatable bonds is 5. The number of nitrogens with two attached hydrogens (primary N) is 2. The fourth-order valence-electron chi connectivity index (χ4n) is 1.11. The molecule has 0 radical (unpaired) electrons. The van der Waals surface area contributed by atoms with Gasteiger partial charge in [0, 0.05) is 12.6 Å². The Balaban J connectivity index is 2.59. The molecule has 0 bridgehead atoms. The van der Waals surface area contributed by atoms with E-state index in [0.717, 1.165) is 11.3 Å². The van der Waals surface area contributed by atoms with E-state index in [4.69, 9.17) is 21.3 Å². The van der Waals surface area contributed by atoms with Gasteiger partial charge in [0.25, 0.3) is 0 Å². The van der Waals surface area contributed by atoms with Crippen molar-refractivity contribution >= 4 is 0 Å². The van der Waals surface area contributed by atoms with Gasteiger partial charge in [-0.25, -0.2) is 0 Å². The van der Waals surface area contributed by atoms with E-state index in [1.807, 2.05) is 24.3 Å². The van der Waals surface area contributed by atoms with Crippen molar-refractivity contribution in [2.75, 3.05) is 19.8 Å². The molecule has 4 heteroatoms. The zero-order valence-corrected chi connectivity index (χ0v) is 8.02. The molecule has 0 unspecified atom stereocenters. The van der Waals surface area contributed by atoms with Crippen LogP contribution in [0.3, 0.4) is 0 Å². The molecule has 4 nitrogen and oxygen atoms in total. The number of ether oxygens (including phenoxy) is 1. The summed E-state index contributed by atoms with van der Waals surface area (Å²) in [5.74, 6) is 0.729. The van der Waals surface area contributed by atoms with Gasteiger partial charge in [0.2, 0.25) is 0 Å². The first-order valence-electron chi connectivity index (χ1n) is 4.57. The van der Waals surface area contributed by atoms with Crippen LogP contribution in [-0.2, 0) is 0 Å². The van der Waals surface area contributed by atoms with Crippen LogP contribution in [0, 0.1) is 0 Å². The Hall–Kier alpha value is -1.10. The summed E-state index contributed by atoms with van der Waals surface area (Å²) in [4.78, 5) is 0. The molecule has 14 heavy (non-hydrogen) atoms. The average Bonchev–Trinajstić information content (AvgIpc) is 2.26. The van der Waals surface area contributed by atoms with Crippen LogP contribution in [0.1, 0.15) is 11.6 Å². The molecule has 0 aliphatic rings. The van der Waals surface area contributed by atoms with E-state index < -0.39 is 0 Å². The highest BCUT2D eigenvalue weighted by atomic mass is 16.5.